The third-order valence-electron chi connectivity index (χ3n) is 4.52. The molecule has 10 nitrogen and oxygen atoms in total. The van der Waals surface area contributed by atoms with Gasteiger partial charge in [0.1, 0.15) is 16.7 Å². The van der Waals surface area contributed by atoms with Crippen molar-refractivity contribution in [1.29, 1.82) is 0 Å². The number of fused-ring (bicyclic) bond motifs is 1. The lowest BCUT2D eigenvalue weighted by Crippen LogP contribution is -2.11. The number of halogens is 1. The van der Waals surface area contributed by atoms with Crippen molar-refractivity contribution in [3.8, 4) is 0 Å². The minimum Gasteiger partial charge on any atom is -0.790 e. The number of nitrogens with zero attached hydrogens (tertiary/aromatic N) is 6. The smallest absolute Gasteiger partial charge is 0.229 e. The van der Waals surface area contributed by atoms with Gasteiger partial charge in [0, 0.05) is 28.8 Å². The fourth-order valence-electron chi connectivity index (χ4n) is 2.92. The van der Waals surface area contributed by atoms with Gasteiger partial charge in [-0.3, -0.25) is 9.94 Å². The Morgan fingerprint density at radius 3 is 2.93 bits per heavy atom. The Bertz CT molecular complexity index is 1170. The summed E-state index contributed by atoms with van der Waals surface area (Å²) in [6.45, 7) is 0. The molecule has 0 radical (unpaired) electrons. The van der Waals surface area contributed by atoms with Gasteiger partial charge in [0.2, 0.25) is 5.95 Å². The Labute approximate surface area is 163 Å². The van der Waals surface area contributed by atoms with Crippen LogP contribution in [0.1, 0.15) is 24.5 Å². The Hall–Kier alpha value is -3.37. The van der Waals surface area contributed by atoms with E-state index in [1.54, 1.807) is 24.3 Å². The number of hydrogen-bond donors (Lipinski definition) is 2. The van der Waals surface area contributed by atoms with E-state index in [2.05, 4.69) is 30.6 Å². The molecule has 4 aromatic rings. The molecule has 1 aromatic carbocycles. The molecule has 0 aliphatic heterocycles. The van der Waals surface area contributed by atoms with Crippen LogP contribution in [0.5, 0.6) is 0 Å². The van der Waals surface area contributed by atoms with Crippen LogP contribution in [-0.4, -0.2) is 30.1 Å². The first kappa shape index (κ1) is 16.8. The topological polar surface area (TPSA) is 134 Å². The first-order valence-electron chi connectivity index (χ1n) is 8.56. The average molecular weight is 397 g/mol. The van der Waals surface area contributed by atoms with E-state index in [-0.39, 0.29) is 22.6 Å². The maximum Gasteiger partial charge on any atom is 0.229 e. The van der Waals surface area contributed by atoms with Crippen LogP contribution < -0.4 is 10.4 Å². The van der Waals surface area contributed by atoms with Gasteiger partial charge < -0.3 is 20.8 Å². The maximum atomic E-state index is 12.7. The lowest BCUT2D eigenvalue weighted by Gasteiger charge is -2.27. The molecular weight excluding hydrogens is 384 g/mol. The Kier molecular flexibility index (Phi) is 3.81. The Morgan fingerprint density at radius 1 is 1.25 bits per heavy atom. The third-order valence-corrected chi connectivity index (χ3v) is 4.79. The zero-order chi connectivity index (χ0) is 19.3. The molecule has 0 unspecified atom stereocenters. The number of H-pyrrole nitrogens is 1. The van der Waals surface area contributed by atoms with Crippen LogP contribution in [0, 0.1) is 10.4 Å². The highest BCUT2D eigenvalue weighted by atomic mass is 35.5. The molecule has 0 atom stereocenters. The predicted octanol–water partition coefficient (Wildman–Crippen LogP) is 3.81. The zero-order valence-electron chi connectivity index (χ0n) is 14.3. The molecular formula is C17H13ClN8O2-2. The molecule has 1 aliphatic rings. The summed E-state index contributed by atoms with van der Waals surface area (Å²) in [5.41, 5.74) is 2.03. The van der Waals surface area contributed by atoms with Gasteiger partial charge in [-0.25, -0.2) is 4.98 Å². The van der Waals surface area contributed by atoms with Crippen molar-refractivity contribution in [2.24, 2.45) is 0 Å². The number of rotatable bonds is 5. The third kappa shape index (κ3) is 2.98. The van der Waals surface area contributed by atoms with Crippen molar-refractivity contribution in [3.63, 3.8) is 0 Å². The molecule has 0 saturated heterocycles. The van der Waals surface area contributed by atoms with E-state index in [9.17, 15) is 10.4 Å². The number of aromatic amines is 1. The van der Waals surface area contributed by atoms with Gasteiger partial charge in [0.25, 0.3) is 0 Å². The van der Waals surface area contributed by atoms with Gasteiger partial charge in [0.15, 0.2) is 0 Å². The van der Waals surface area contributed by atoms with E-state index in [1.807, 2.05) is 0 Å². The number of aromatic nitrogens is 6. The van der Waals surface area contributed by atoms with Crippen LogP contribution >= 0.6 is 11.6 Å². The molecule has 1 aliphatic carbocycles. The predicted molar refractivity (Wildman–Crippen MR) is 105 cm³/mol. The van der Waals surface area contributed by atoms with Crippen molar-refractivity contribution in [1.82, 2.24) is 30.1 Å². The summed E-state index contributed by atoms with van der Waals surface area (Å²) in [6, 6.07) is 6.78. The molecule has 28 heavy (non-hydrogen) atoms. The molecule has 1 saturated carbocycles. The molecule has 11 heteroatoms. The van der Waals surface area contributed by atoms with E-state index < -0.39 is 0 Å². The number of anilines is 4. The molecule has 3 heterocycles. The SMILES string of the molecule is [O-]N(c1cc(C2CC2)[nH]n1)c1nc(Nc2ccc3c(cnn3[O-])c2)ncc1Cl. The summed E-state index contributed by atoms with van der Waals surface area (Å²) in [6.07, 6.45) is 5.01. The van der Waals surface area contributed by atoms with Gasteiger partial charge in [0.05, 0.1) is 17.9 Å². The summed E-state index contributed by atoms with van der Waals surface area (Å²) in [7, 11) is 0. The lowest BCUT2D eigenvalue weighted by molar-refractivity contribution is 0.919. The standard InChI is InChI=1S/C17H13ClN8O2/c18-12-8-19-17(21-11-3-4-14-10(5-11)7-20-26(14)28)22-16(12)25(27)15-6-13(23-24-15)9-1-2-9/h3-9H,1-2H2,(H,23,24)(H,19,21,22)/q-2. The average Bonchev–Trinajstić information content (AvgIpc) is 3.32. The lowest BCUT2D eigenvalue weighted by atomic mass is 10.2. The van der Waals surface area contributed by atoms with Crippen molar-refractivity contribution in [2.45, 2.75) is 18.8 Å². The van der Waals surface area contributed by atoms with E-state index >= 15 is 0 Å². The molecule has 0 amide bonds. The van der Waals surface area contributed by atoms with E-state index in [0.717, 1.165) is 18.5 Å². The summed E-state index contributed by atoms with van der Waals surface area (Å²) < 4.78 is 0. The summed E-state index contributed by atoms with van der Waals surface area (Å²) in [5.74, 6) is 0.812. The number of nitrogens with one attached hydrogen (secondary N) is 2. The second-order valence-corrected chi connectivity index (χ2v) is 6.94. The summed E-state index contributed by atoms with van der Waals surface area (Å²) >= 11 is 6.13. The zero-order valence-corrected chi connectivity index (χ0v) is 15.1. The summed E-state index contributed by atoms with van der Waals surface area (Å²) in [5, 5.41) is 39.1. The highest BCUT2D eigenvalue weighted by Gasteiger charge is 2.26. The second-order valence-electron chi connectivity index (χ2n) is 6.53. The van der Waals surface area contributed by atoms with E-state index in [0.29, 0.717) is 32.4 Å². The van der Waals surface area contributed by atoms with Gasteiger partial charge in [-0.05, 0) is 31.0 Å². The van der Waals surface area contributed by atoms with Crippen LogP contribution in [-0.2, 0) is 0 Å². The largest absolute Gasteiger partial charge is 0.790 e. The minimum atomic E-state index is -0.0125. The normalized spacial score (nSPS) is 13.8. The van der Waals surface area contributed by atoms with Gasteiger partial charge in [-0.1, -0.05) is 11.6 Å². The van der Waals surface area contributed by atoms with Crippen LogP contribution in [0.4, 0.5) is 23.3 Å². The fourth-order valence-corrected chi connectivity index (χ4v) is 3.09. The molecule has 1 fully saturated rings. The molecule has 3 aromatic heterocycles. The Morgan fingerprint density at radius 2 is 2.11 bits per heavy atom. The van der Waals surface area contributed by atoms with Crippen molar-refractivity contribution >= 4 is 45.8 Å². The van der Waals surface area contributed by atoms with Crippen molar-refractivity contribution in [2.75, 3.05) is 10.4 Å². The van der Waals surface area contributed by atoms with Gasteiger partial charge >= 0.3 is 0 Å². The number of hydrogen-bond acceptors (Lipinski definition) is 8. The molecule has 0 spiro atoms. The van der Waals surface area contributed by atoms with Crippen molar-refractivity contribution < 1.29 is 0 Å². The molecule has 5 rings (SSSR count). The summed E-state index contributed by atoms with van der Waals surface area (Å²) in [4.78, 5) is 8.88. The monoisotopic (exact) mass is 396 g/mol. The van der Waals surface area contributed by atoms with E-state index in [4.69, 9.17) is 11.6 Å². The van der Waals surface area contributed by atoms with Gasteiger partial charge in [-0.2, -0.15) is 15.2 Å². The van der Waals surface area contributed by atoms with Crippen LogP contribution in [0.3, 0.4) is 0 Å². The number of benzene rings is 1. The minimum absolute atomic E-state index is 0.0125. The molecule has 0 bridgehead atoms. The fraction of sp³-hybridized carbons (Fsp3) is 0.176. The van der Waals surface area contributed by atoms with Crippen LogP contribution in [0.2, 0.25) is 5.02 Å². The van der Waals surface area contributed by atoms with Crippen LogP contribution in [0.25, 0.3) is 10.9 Å². The Balaban J connectivity index is 1.42. The highest BCUT2D eigenvalue weighted by molar-refractivity contribution is 6.33. The maximum absolute atomic E-state index is 12.7. The molecule has 142 valence electrons. The molecule has 2 N–H and O–H groups in total. The van der Waals surface area contributed by atoms with E-state index in [1.165, 1.54) is 12.4 Å². The first-order valence-corrected chi connectivity index (χ1v) is 8.94. The van der Waals surface area contributed by atoms with Crippen molar-refractivity contribution in [3.05, 3.63) is 57.8 Å². The second kappa shape index (κ2) is 6.36. The van der Waals surface area contributed by atoms with Crippen LogP contribution in [0.15, 0.2) is 36.7 Å². The quantitative estimate of drug-likeness (QED) is 0.486. The van der Waals surface area contributed by atoms with Gasteiger partial charge in [-0.15, -0.1) is 0 Å². The highest BCUT2D eigenvalue weighted by Crippen LogP contribution is 2.40. The first-order chi connectivity index (χ1) is 13.6.